The molecule has 0 spiro atoms. The van der Waals surface area contributed by atoms with Gasteiger partial charge in [0.15, 0.2) is 0 Å². The van der Waals surface area contributed by atoms with Crippen molar-refractivity contribution in [1.82, 2.24) is 10.7 Å². The van der Waals surface area contributed by atoms with Gasteiger partial charge in [0.1, 0.15) is 5.76 Å². The van der Waals surface area contributed by atoms with Crippen LogP contribution < -0.4 is 10.7 Å². The average molecular weight is 378 g/mol. The summed E-state index contributed by atoms with van der Waals surface area (Å²) in [6.07, 6.45) is 17.2. The van der Waals surface area contributed by atoms with E-state index in [4.69, 9.17) is 4.42 Å². The third-order valence-electron chi connectivity index (χ3n) is 4.38. The smallest absolute Gasteiger partial charge is 0.259 e. The molecule has 1 aromatic rings. The summed E-state index contributed by atoms with van der Waals surface area (Å²) in [5.41, 5.74) is 2.34. The Bertz CT molecular complexity index is 527. The Labute approximate surface area is 163 Å². The van der Waals surface area contributed by atoms with E-state index in [2.05, 4.69) is 22.8 Å². The number of amides is 2. The summed E-state index contributed by atoms with van der Waals surface area (Å²) < 4.78 is 5.05. The first kappa shape index (κ1) is 22.9. The quantitative estimate of drug-likeness (QED) is 0.252. The van der Waals surface area contributed by atoms with Crippen LogP contribution in [-0.2, 0) is 9.59 Å². The minimum atomic E-state index is -0.356. The van der Waals surface area contributed by atoms with E-state index in [-0.39, 0.29) is 18.4 Å². The van der Waals surface area contributed by atoms with Gasteiger partial charge in [-0.2, -0.15) is 5.10 Å². The van der Waals surface area contributed by atoms with Gasteiger partial charge in [-0.15, -0.1) is 0 Å². The molecule has 1 aromatic heterocycles. The van der Waals surface area contributed by atoms with Crippen LogP contribution in [0.4, 0.5) is 0 Å². The maximum absolute atomic E-state index is 11.7. The Balaban J connectivity index is 1.88. The number of unbranched alkanes of at least 4 members (excludes halogenated alkanes) is 10. The minimum Gasteiger partial charge on any atom is -0.463 e. The number of nitrogens with one attached hydrogen (secondary N) is 2. The van der Waals surface area contributed by atoms with Crippen LogP contribution in [0.15, 0.2) is 27.9 Å². The first-order chi connectivity index (χ1) is 13.2. The fraction of sp³-hybridized carbons (Fsp3) is 0.667. The van der Waals surface area contributed by atoms with Crippen LogP contribution in [0.1, 0.15) is 89.7 Å². The van der Waals surface area contributed by atoms with Crippen molar-refractivity contribution >= 4 is 18.0 Å². The molecule has 0 saturated heterocycles. The lowest BCUT2D eigenvalue weighted by Gasteiger charge is -2.05. The molecular weight excluding hydrogens is 342 g/mol. The third kappa shape index (κ3) is 13.7. The summed E-state index contributed by atoms with van der Waals surface area (Å²) in [5, 5.41) is 6.37. The second-order valence-corrected chi connectivity index (χ2v) is 6.87. The van der Waals surface area contributed by atoms with Crippen LogP contribution in [0.2, 0.25) is 0 Å². The molecule has 0 aliphatic heterocycles. The number of hydrogen-bond donors (Lipinski definition) is 2. The predicted molar refractivity (Wildman–Crippen MR) is 109 cm³/mol. The first-order valence-electron chi connectivity index (χ1n) is 10.3. The van der Waals surface area contributed by atoms with E-state index in [1.54, 1.807) is 12.1 Å². The Morgan fingerprint density at radius 3 is 2.19 bits per heavy atom. The largest absolute Gasteiger partial charge is 0.463 e. The molecule has 27 heavy (non-hydrogen) atoms. The molecule has 0 saturated carbocycles. The summed E-state index contributed by atoms with van der Waals surface area (Å²) in [4.78, 5) is 23.3. The van der Waals surface area contributed by atoms with Crippen molar-refractivity contribution in [2.45, 2.75) is 84.0 Å². The summed E-state index contributed by atoms with van der Waals surface area (Å²) in [6, 6.07) is 3.46. The van der Waals surface area contributed by atoms with Gasteiger partial charge in [-0.25, -0.2) is 5.43 Å². The van der Waals surface area contributed by atoms with Gasteiger partial charge in [0.05, 0.1) is 19.0 Å². The van der Waals surface area contributed by atoms with E-state index in [9.17, 15) is 9.59 Å². The van der Waals surface area contributed by atoms with Crippen molar-refractivity contribution in [1.29, 1.82) is 0 Å². The Morgan fingerprint density at radius 1 is 0.963 bits per heavy atom. The monoisotopic (exact) mass is 377 g/mol. The molecule has 0 aliphatic rings. The van der Waals surface area contributed by atoms with Crippen molar-refractivity contribution in [2.24, 2.45) is 5.10 Å². The number of furan rings is 1. The van der Waals surface area contributed by atoms with Crippen LogP contribution in [0.25, 0.3) is 0 Å². The topological polar surface area (TPSA) is 83.7 Å². The fourth-order valence-corrected chi connectivity index (χ4v) is 2.79. The molecule has 6 heteroatoms. The fourth-order valence-electron chi connectivity index (χ4n) is 2.79. The lowest BCUT2D eigenvalue weighted by atomic mass is 10.1. The standard InChI is InChI=1S/C21H35N3O3/c1-2-3-4-5-6-7-8-9-10-11-12-15-20(25)22-18-21(26)24-23-17-19-14-13-16-27-19/h13-14,16-17H,2-12,15,18H2,1H3,(H,22,25)(H,24,26)/b23-17-. The lowest BCUT2D eigenvalue weighted by Crippen LogP contribution is -2.34. The van der Waals surface area contributed by atoms with E-state index in [1.165, 1.54) is 70.3 Å². The highest BCUT2D eigenvalue weighted by Gasteiger charge is 2.04. The third-order valence-corrected chi connectivity index (χ3v) is 4.38. The molecule has 1 rings (SSSR count). The van der Waals surface area contributed by atoms with Crippen LogP contribution in [0.3, 0.4) is 0 Å². The van der Waals surface area contributed by atoms with Gasteiger partial charge in [0.25, 0.3) is 5.91 Å². The molecule has 1 heterocycles. The lowest BCUT2D eigenvalue weighted by molar-refractivity contribution is -0.126. The van der Waals surface area contributed by atoms with Crippen molar-refractivity contribution in [2.75, 3.05) is 6.54 Å². The van der Waals surface area contributed by atoms with Gasteiger partial charge in [-0.05, 0) is 18.6 Å². The molecule has 0 unspecified atom stereocenters. The van der Waals surface area contributed by atoms with Gasteiger partial charge in [-0.3, -0.25) is 9.59 Å². The zero-order chi connectivity index (χ0) is 19.6. The molecule has 0 radical (unpaired) electrons. The molecule has 6 nitrogen and oxygen atoms in total. The molecule has 2 amide bonds. The van der Waals surface area contributed by atoms with Gasteiger partial charge in [-0.1, -0.05) is 71.1 Å². The SMILES string of the molecule is CCCCCCCCCCCCCC(=O)NCC(=O)N/N=C\c1ccco1. The van der Waals surface area contributed by atoms with Crippen LogP contribution >= 0.6 is 0 Å². The second kappa shape index (κ2) is 16.1. The number of hydrogen-bond acceptors (Lipinski definition) is 4. The van der Waals surface area contributed by atoms with Gasteiger partial charge in [0.2, 0.25) is 5.91 Å². The molecule has 0 atom stereocenters. The molecule has 2 N–H and O–H groups in total. The number of carbonyl (C=O) groups is 2. The van der Waals surface area contributed by atoms with Gasteiger partial charge < -0.3 is 9.73 Å². The maximum atomic E-state index is 11.7. The zero-order valence-electron chi connectivity index (χ0n) is 16.7. The summed E-state index contributed by atoms with van der Waals surface area (Å²) >= 11 is 0. The number of hydrazone groups is 1. The summed E-state index contributed by atoms with van der Waals surface area (Å²) in [5.74, 6) is 0.108. The Morgan fingerprint density at radius 2 is 1.59 bits per heavy atom. The molecule has 152 valence electrons. The highest BCUT2D eigenvalue weighted by Crippen LogP contribution is 2.11. The van der Waals surface area contributed by atoms with E-state index >= 15 is 0 Å². The second-order valence-electron chi connectivity index (χ2n) is 6.87. The molecule has 0 aromatic carbocycles. The van der Waals surface area contributed by atoms with E-state index in [0.29, 0.717) is 12.2 Å². The highest BCUT2D eigenvalue weighted by molar-refractivity contribution is 5.85. The van der Waals surface area contributed by atoms with Crippen molar-refractivity contribution < 1.29 is 14.0 Å². The maximum Gasteiger partial charge on any atom is 0.259 e. The van der Waals surface area contributed by atoms with Gasteiger partial charge >= 0.3 is 0 Å². The summed E-state index contributed by atoms with van der Waals surface area (Å²) in [7, 11) is 0. The van der Waals surface area contributed by atoms with Crippen molar-refractivity contribution in [3.63, 3.8) is 0 Å². The zero-order valence-corrected chi connectivity index (χ0v) is 16.7. The summed E-state index contributed by atoms with van der Waals surface area (Å²) in [6.45, 7) is 2.18. The molecular formula is C21H35N3O3. The van der Waals surface area contributed by atoms with Crippen molar-refractivity contribution in [3.05, 3.63) is 24.2 Å². The molecule has 0 fully saturated rings. The first-order valence-corrected chi connectivity index (χ1v) is 10.3. The minimum absolute atomic E-state index is 0.0631. The number of rotatable bonds is 16. The van der Waals surface area contributed by atoms with Crippen LogP contribution in [-0.4, -0.2) is 24.6 Å². The van der Waals surface area contributed by atoms with Crippen molar-refractivity contribution in [3.8, 4) is 0 Å². The Kier molecular flexibility index (Phi) is 13.7. The van der Waals surface area contributed by atoms with Crippen LogP contribution in [0, 0.1) is 0 Å². The van der Waals surface area contributed by atoms with Gasteiger partial charge in [0, 0.05) is 6.42 Å². The Hall–Kier alpha value is -2.11. The predicted octanol–water partition coefficient (Wildman–Crippen LogP) is 4.55. The number of nitrogens with zero attached hydrogens (tertiary/aromatic N) is 1. The van der Waals surface area contributed by atoms with E-state index < -0.39 is 0 Å². The van der Waals surface area contributed by atoms with E-state index in [1.807, 2.05) is 0 Å². The normalized spacial score (nSPS) is 11.0. The number of carbonyl (C=O) groups excluding carboxylic acids is 2. The molecule has 0 bridgehead atoms. The highest BCUT2D eigenvalue weighted by atomic mass is 16.3. The van der Waals surface area contributed by atoms with E-state index in [0.717, 1.165) is 12.8 Å². The van der Waals surface area contributed by atoms with Crippen LogP contribution in [0.5, 0.6) is 0 Å². The average Bonchev–Trinajstić information content (AvgIpc) is 3.18. The molecule has 0 aliphatic carbocycles.